The first-order valence-corrected chi connectivity index (χ1v) is 3.83. The summed E-state index contributed by atoms with van der Waals surface area (Å²) in [5.41, 5.74) is 12.1. The number of carbonyl (C=O) groups is 1. The van der Waals surface area contributed by atoms with Gasteiger partial charge in [0.05, 0.1) is 0 Å². The molecule has 0 aliphatic heterocycles. The Bertz CT molecular complexity index is 284. The van der Waals surface area contributed by atoms with E-state index in [0.717, 1.165) is 12.0 Å². The molecule has 1 rings (SSSR count). The summed E-state index contributed by atoms with van der Waals surface area (Å²) in [5.74, 6) is -0.395. The van der Waals surface area contributed by atoms with Crippen LogP contribution in [0.3, 0.4) is 0 Å². The molecule has 0 aliphatic rings. The Balaban J connectivity index is 2.88. The number of primary amides is 1. The van der Waals surface area contributed by atoms with Crippen LogP contribution in [0.5, 0.6) is 0 Å². The van der Waals surface area contributed by atoms with Crippen molar-refractivity contribution in [2.24, 2.45) is 11.5 Å². The first-order chi connectivity index (χ1) is 5.74. The Morgan fingerprint density at radius 3 is 2.75 bits per heavy atom. The molecule has 12 heavy (non-hydrogen) atoms. The lowest BCUT2D eigenvalue weighted by molar-refractivity contribution is 0.1000. The second-order valence-electron chi connectivity index (χ2n) is 2.60. The van der Waals surface area contributed by atoms with Crippen LogP contribution in [0.1, 0.15) is 15.9 Å². The van der Waals surface area contributed by atoms with Crippen LogP contribution in [0.15, 0.2) is 24.3 Å². The summed E-state index contributed by atoms with van der Waals surface area (Å²) in [4.78, 5) is 10.7. The largest absolute Gasteiger partial charge is 0.366 e. The van der Waals surface area contributed by atoms with Gasteiger partial charge in [0.1, 0.15) is 0 Å². The molecule has 0 atom stereocenters. The first-order valence-electron chi connectivity index (χ1n) is 3.83. The van der Waals surface area contributed by atoms with Gasteiger partial charge in [-0.1, -0.05) is 12.1 Å². The van der Waals surface area contributed by atoms with Crippen LogP contribution < -0.4 is 11.5 Å². The van der Waals surface area contributed by atoms with Crippen LogP contribution in [0.2, 0.25) is 0 Å². The first kappa shape index (κ1) is 8.74. The maximum atomic E-state index is 10.7. The Kier molecular flexibility index (Phi) is 2.82. The second-order valence-corrected chi connectivity index (χ2v) is 2.60. The molecule has 0 aliphatic carbocycles. The van der Waals surface area contributed by atoms with Gasteiger partial charge in [-0.25, -0.2) is 0 Å². The third-order valence-electron chi connectivity index (χ3n) is 1.64. The molecule has 0 fully saturated rings. The van der Waals surface area contributed by atoms with Gasteiger partial charge in [0.2, 0.25) is 5.91 Å². The summed E-state index contributed by atoms with van der Waals surface area (Å²) >= 11 is 0. The van der Waals surface area contributed by atoms with Crippen LogP contribution in [0, 0.1) is 0 Å². The summed E-state index contributed by atoms with van der Waals surface area (Å²) in [7, 11) is 0. The van der Waals surface area contributed by atoms with Crippen LogP contribution in [0.4, 0.5) is 0 Å². The number of carbonyl (C=O) groups excluding carboxylic acids is 1. The van der Waals surface area contributed by atoms with E-state index >= 15 is 0 Å². The van der Waals surface area contributed by atoms with Crippen molar-refractivity contribution in [2.45, 2.75) is 6.42 Å². The van der Waals surface area contributed by atoms with Gasteiger partial charge >= 0.3 is 0 Å². The van der Waals surface area contributed by atoms with Gasteiger partial charge in [0, 0.05) is 5.56 Å². The van der Waals surface area contributed by atoms with Crippen molar-refractivity contribution in [1.29, 1.82) is 0 Å². The molecule has 1 aromatic rings. The van der Waals surface area contributed by atoms with Gasteiger partial charge < -0.3 is 11.5 Å². The third-order valence-corrected chi connectivity index (χ3v) is 1.64. The number of hydrogen-bond acceptors (Lipinski definition) is 2. The van der Waals surface area contributed by atoms with Crippen LogP contribution in [-0.4, -0.2) is 12.5 Å². The summed E-state index contributed by atoms with van der Waals surface area (Å²) in [6, 6.07) is 7.21. The summed E-state index contributed by atoms with van der Waals surface area (Å²) in [6.45, 7) is 0.586. The fourth-order valence-corrected chi connectivity index (χ4v) is 1.05. The van der Waals surface area contributed by atoms with Crippen molar-refractivity contribution < 1.29 is 4.79 Å². The Labute approximate surface area is 71.4 Å². The van der Waals surface area contributed by atoms with E-state index in [4.69, 9.17) is 11.5 Å². The number of rotatable bonds is 3. The highest BCUT2D eigenvalue weighted by Crippen LogP contribution is 2.04. The quantitative estimate of drug-likeness (QED) is 0.674. The molecule has 1 aromatic carbocycles. The zero-order chi connectivity index (χ0) is 8.97. The van der Waals surface area contributed by atoms with Gasteiger partial charge in [0.15, 0.2) is 0 Å². The van der Waals surface area contributed by atoms with Gasteiger partial charge in [-0.15, -0.1) is 0 Å². The molecule has 3 nitrogen and oxygen atoms in total. The predicted octanol–water partition coefficient (Wildman–Crippen LogP) is 0.287. The standard InChI is InChI=1S/C9H12N2O/c10-5-4-7-2-1-3-8(6-7)9(11)12/h1-3,6H,4-5,10H2,(H2,11,12). The maximum Gasteiger partial charge on any atom is 0.248 e. The number of benzene rings is 1. The second kappa shape index (κ2) is 3.88. The minimum Gasteiger partial charge on any atom is -0.366 e. The van der Waals surface area contributed by atoms with Gasteiger partial charge in [0.25, 0.3) is 0 Å². The predicted molar refractivity (Wildman–Crippen MR) is 47.7 cm³/mol. The molecule has 0 radical (unpaired) electrons. The molecule has 4 N–H and O–H groups in total. The number of hydrogen-bond donors (Lipinski definition) is 2. The van der Waals surface area contributed by atoms with Gasteiger partial charge in [-0.3, -0.25) is 4.79 Å². The molecule has 0 spiro atoms. The molecule has 64 valence electrons. The zero-order valence-corrected chi connectivity index (χ0v) is 6.79. The van der Waals surface area contributed by atoms with Gasteiger partial charge in [-0.2, -0.15) is 0 Å². The molecular formula is C9H12N2O. The summed E-state index contributed by atoms with van der Waals surface area (Å²) in [6.07, 6.45) is 0.779. The van der Waals surface area contributed by atoms with E-state index in [1.807, 2.05) is 12.1 Å². The van der Waals surface area contributed by atoms with E-state index in [0.29, 0.717) is 12.1 Å². The van der Waals surface area contributed by atoms with E-state index in [2.05, 4.69) is 0 Å². The Morgan fingerprint density at radius 2 is 2.17 bits per heavy atom. The van der Waals surface area contributed by atoms with Crippen molar-refractivity contribution in [2.75, 3.05) is 6.54 Å². The van der Waals surface area contributed by atoms with Crippen molar-refractivity contribution >= 4 is 5.91 Å². The van der Waals surface area contributed by atoms with Crippen LogP contribution >= 0.6 is 0 Å². The lowest BCUT2D eigenvalue weighted by Crippen LogP contribution is -2.11. The molecule has 0 heterocycles. The highest BCUT2D eigenvalue weighted by molar-refractivity contribution is 5.92. The van der Waals surface area contributed by atoms with Crippen molar-refractivity contribution in [3.05, 3.63) is 35.4 Å². The lowest BCUT2D eigenvalue weighted by Gasteiger charge is -1.99. The van der Waals surface area contributed by atoms with Crippen molar-refractivity contribution in [1.82, 2.24) is 0 Å². The SMILES string of the molecule is NCCc1cccc(C(N)=O)c1. The molecule has 0 saturated carbocycles. The van der Waals surface area contributed by atoms with Crippen molar-refractivity contribution in [3.8, 4) is 0 Å². The molecule has 0 bridgehead atoms. The fraction of sp³-hybridized carbons (Fsp3) is 0.222. The summed E-state index contributed by atoms with van der Waals surface area (Å²) < 4.78 is 0. The van der Waals surface area contributed by atoms with E-state index in [1.54, 1.807) is 12.1 Å². The summed E-state index contributed by atoms with van der Waals surface area (Å²) in [5, 5.41) is 0. The number of nitrogens with two attached hydrogens (primary N) is 2. The van der Waals surface area contributed by atoms with Crippen LogP contribution in [0.25, 0.3) is 0 Å². The highest BCUT2D eigenvalue weighted by atomic mass is 16.1. The average molecular weight is 164 g/mol. The molecule has 1 amide bonds. The third kappa shape index (κ3) is 2.07. The van der Waals surface area contributed by atoms with Crippen LogP contribution in [-0.2, 0) is 6.42 Å². The zero-order valence-electron chi connectivity index (χ0n) is 6.79. The lowest BCUT2D eigenvalue weighted by atomic mass is 10.1. The van der Waals surface area contributed by atoms with E-state index in [1.165, 1.54) is 0 Å². The van der Waals surface area contributed by atoms with E-state index < -0.39 is 5.91 Å². The molecule has 0 saturated heterocycles. The van der Waals surface area contributed by atoms with E-state index in [-0.39, 0.29) is 0 Å². The Hall–Kier alpha value is -1.35. The molecule has 3 heteroatoms. The monoisotopic (exact) mass is 164 g/mol. The average Bonchev–Trinajstić information content (AvgIpc) is 2.05. The minimum atomic E-state index is -0.395. The Morgan fingerprint density at radius 1 is 1.42 bits per heavy atom. The normalized spacial score (nSPS) is 9.75. The maximum absolute atomic E-state index is 10.7. The molecule has 0 aromatic heterocycles. The number of amides is 1. The fourth-order valence-electron chi connectivity index (χ4n) is 1.05. The smallest absolute Gasteiger partial charge is 0.248 e. The topological polar surface area (TPSA) is 69.1 Å². The molecular weight excluding hydrogens is 152 g/mol. The highest BCUT2D eigenvalue weighted by Gasteiger charge is 1.99. The van der Waals surface area contributed by atoms with Gasteiger partial charge in [-0.05, 0) is 30.7 Å². The minimum absolute atomic E-state index is 0.395. The van der Waals surface area contributed by atoms with E-state index in [9.17, 15) is 4.79 Å². The molecule has 0 unspecified atom stereocenters. The van der Waals surface area contributed by atoms with Crippen molar-refractivity contribution in [3.63, 3.8) is 0 Å².